The van der Waals surface area contributed by atoms with E-state index in [0.717, 1.165) is 19.3 Å². The Balaban J connectivity index is 1.69. The number of nitrogens with one attached hydrogen (secondary N) is 3. The van der Waals surface area contributed by atoms with Crippen LogP contribution < -0.4 is 15.4 Å². The number of aromatic nitrogens is 4. The fraction of sp³-hybridized carbons (Fsp3) is 0.462. The van der Waals surface area contributed by atoms with Crippen molar-refractivity contribution < 1.29 is 22.3 Å². The van der Waals surface area contributed by atoms with E-state index in [2.05, 4.69) is 35.2 Å². The molecule has 0 bridgehead atoms. The summed E-state index contributed by atoms with van der Waals surface area (Å²) in [6.07, 6.45) is 5.10. The lowest BCUT2D eigenvalue weighted by Gasteiger charge is -2.26. The highest BCUT2D eigenvalue weighted by atomic mass is 35.5. The van der Waals surface area contributed by atoms with Crippen molar-refractivity contribution in [3.63, 3.8) is 0 Å². The molecule has 0 aliphatic carbocycles. The summed E-state index contributed by atoms with van der Waals surface area (Å²) < 4.78 is 52.0. The molecule has 41 heavy (non-hydrogen) atoms. The molecule has 0 unspecified atom stereocenters. The Hall–Kier alpha value is -3.49. The van der Waals surface area contributed by atoms with Crippen molar-refractivity contribution in [3.05, 3.63) is 41.4 Å². The number of carbonyl (C=O) groups is 1. The van der Waals surface area contributed by atoms with E-state index in [1.165, 1.54) is 29.7 Å². The maximum Gasteiger partial charge on any atom is 0.407 e. The zero-order valence-electron chi connectivity index (χ0n) is 23.3. The fourth-order valence-electron chi connectivity index (χ4n) is 4.34. The number of ether oxygens (including phenoxy) is 1. The van der Waals surface area contributed by atoms with E-state index in [0.29, 0.717) is 36.6 Å². The fourth-order valence-corrected chi connectivity index (χ4v) is 5.85. The Morgan fingerprint density at radius 1 is 1.17 bits per heavy atom. The number of alkyl carbamates (subject to hydrolysis) is 1. The van der Waals surface area contributed by atoms with Crippen molar-refractivity contribution >= 4 is 39.5 Å². The van der Waals surface area contributed by atoms with Crippen LogP contribution in [0.2, 0.25) is 5.02 Å². The number of hydrogen-bond donors (Lipinski definition) is 3. The first-order valence-corrected chi connectivity index (χ1v) is 15.1. The van der Waals surface area contributed by atoms with Crippen molar-refractivity contribution in [2.75, 3.05) is 36.8 Å². The summed E-state index contributed by atoms with van der Waals surface area (Å²) in [5, 5.41) is 10.5. The van der Waals surface area contributed by atoms with E-state index >= 15 is 4.39 Å². The van der Waals surface area contributed by atoms with Crippen LogP contribution in [0.15, 0.2) is 30.6 Å². The Bertz CT molecular complexity index is 1490. The lowest BCUT2D eigenvalue weighted by atomic mass is 10.0. The van der Waals surface area contributed by atoms with Crippen LogP contribution in [-0.4, -0.2) is 71.4 Å². The van der Waals surface area contributed by atoms with Gasteiger partial charge in [-0.1, -0.05) is 18.0 Å². The standard InChI is InChI=1S/C26H34ClFN8O4S/c1-16(2)36-15-20(24(33-36)21-8-9-29-25(32-21)30-14-17(3)31-26(37)40-4)19-12-18(27)13-22(23(19)28)34-41(38,39)35-10-6-5-7-11-35/h8-9,12-13,15-17,34H,5-7,10-11,14H2,1-4H3,(H,31,37)(H,29,30,32)/t17-/m0/s1. The molecule has 1 saturated heterocycles. The quantitative estimate of drug-likeness (QED) is 0.301. The number of anilines is 2. The van der Waals surface area contributed by atoms with Crippen LogP contribution in [0.25, 0.3) is 22.5 Å². The zero-order valence-corrected chi connectivity index (χ0v) is 24.9. The van der Waals surface area contributed by atoms with Crippen molar-refractivity contribution in [2.45, 2.75) is 52.1 Å². The van der Waals surface area contributed by atoms with Crippen molar-refractivity contribution in [1.82, 2.24) is 29.4 Å². The molecular weight excluding hydrogens is 575 g/mol. The number of hydrogen-bond acceptors (Lipinski definition) is 8. The highest BCUT2D eigenvalue weighted by molar-refractivity contribution is 7.90. The second kappa shape index (κ2) is 13.0. The monoisotopic (exact) mass is 608 g/mol. The summed E-state index contributed by atoms with van der Waals surface area (Å²) in [4.78, 5) is 20.2. The topological polar surface area (TPSA) is 143 Å². The van der Waals surface area contributed by atoms with Gasteiger partial charge in [-0.25, -0.2) is 19.2 Å². The minimum Gasteiger partial charge on any atom is -0.453 e. The third-order valence-electron chi connectivity index (χ3n) is 6.50. The molecule has 0 spiro atoms. The molecule has 3 N–H and O–H groups in total. The van der Waals surface area contributed by atoms with Gasteiger partial charge in [0.2, 0.25) is 5.95 Å². The molecule has 2 aromatic heterocycles. The van der Waals surface area contributed by atoms with E-state index in [4.69, 9.17) is 11.6 Å². The summed E-state index contributed by atoms with van der Waals surface area (Å²) in [7, 11) is -2.69. The second-order valence-electron chi connectivity index (χ2n) is 10.0. The molecule has 0 saturated carbocycles. The summed E-state index contributed by atoms with van der Waals surface area (Å²) in [5.41, 5.74) is 0.955. The largest absolute Gasteiger partial charge is 0.453 e. The Morgan fingerprint density at radius 3 is 2.59 bits per heavy atom. The molecule has 1 fully saturated rings. The van der Waals surface area contributed by atoms with Crippen LogP contribution in [0, 0.1) is 5.82 Å². The highest BCUT2D eigenvalue weighted by Crippen LogP contribution is 2.37. The maximum absolute atomic E-state index is 16.0. The number of rotatable bonds is 10. The van der Waals surface area contributed by atoms with Gasteiger partial charge in [-0.2, -0.15) is 17.8 Å². The summed E-state index contributed by atoms with van der Waals surface area (Å²) in [6.45, 7) is 6.70. The molecule has 1 amide bonds. The number of halogens is 2. The molecule has 3 aromatic rings. The zero-order chi connectivity index (χ0) is 29.7. The van der Waals surface area contributed by atoms with Gasteiger partial charge in [0.15, 0.2) is 5.82 Å². The Kier molecular flexibility index (Phi) is 9.66. The van der Waals surface area contributed by atoms with Crippen molar-refractivity contribution in [1.29, 1.82) is 0 Å². The van der Waals surface area contributed by atoms with Crippen molar-refractivity contribution in [3.8, 4) is 22.5 Å². The minimum absolute atomic E-state index is 0.0634. The summed E-state index contributed by atoms with van der Waals surface area (Å²) >= 11 is 6.38. The predicted octanol–water partition coefficient (Wildman–Crippen LogP) is 4.68. The molecule has 0 radical (unpaired) electrons. The number of amides is 1. The van der Waals surface area contributed by atoms with Crippen LogP contribution in [0.5, 0.6) is 0 Å². The third-order valence-corrected chi connectivity index (χ3v) is 8.24. The first kappa shape index (κ1) is 30.5. The van der Waals surface area contributed by atoms with Gasteiger partial charge in [-0.15, -0.1) is 0 Å². The molecule has 15 heteroatoms. The van der Waals surface area contributed by atoms with E-state index in [-0.39, 0.29) is 34.3 Å². The first-order valence-electron chi connectivity index (χ1n) is 13.3. The van der Waals surface area contributed by atoms with Crippen LogP contribution in [0.1, 0.15) is 46.1 Å². The Labute approximate surface area is 243 Å². The van der Waals surface area contributed by atoms with E-state index in [1.54, 1.807) is 23.9 Å². The average Bonchev–Trinajstić information content (AvgIpc) is 3.40. The lowest BCUT2D eigenvalue weighted by molar-refractivity contribution is 0.168. The number of piperidine rings is 1. The van der Waals surface area contributed by atoms with Gasteiger partial charge < -0.3 is 15.4 Å². The molecule has 1 aliphatic rings. The van der Waals surface area contributed by atoms with E-state index in [1.807, 2.05) is 13.8 Å². The van der Waals surface area contributed by atoms with Gasteiger partial charge in [0.25, 0.3) is 0 Å². The number of methoxy groups -OCH3 is 1. The number of benzene rings is 1. The summed E-state index contributed by atoms with van der Waals surface area (Å²) in [6, 6.07) is 3.98. The maximum atomic E-state index is 16.0. The second-order valence-corrected chi connectivity index (χ2v) is 12.1. The normalized spacial score (nSPS) is 15.0. The third kappa shape index (κ3) is 7.43. The molecule has 4 rings (SSSR count). The van der Waals surface area contributed by atoms with Crippen LogP contribution >= 0.6 is 11.6 Å². The molecule has 1 aliphatic heterocycles. The highest BCUT2D eigenvalue weighted by Gasteiger charge is 2.27. The Morgan fingerprint density at radius 2 is 1.90 bits per heavy atom. The minimum atomic E-state index is -3.97. The molecule has 12 nitrogen and oxygen atoms in total. The van der Waals surface area contributed by atoms with Gasteiger partial charge in [0, 0.05) is 60.3 Å². The van der Waals surface area contributed by atoms with Crippen molar-refractivity contribution in [2.24, 2.45) is 0 Å². The van der Waals surface area contributed by atoms with Gasteiger partial charge >= 0.3 is 16.3 Å². The average molecular weight is 609 g/mol. The van der Waals surface area contributed by atoms with Crippen LogP contribution in [0.3, 0.4) is 0 Å². The molecule has 1 atom stereocenters. The SMILES string of the molecule is COC(=O)N[C@@H](C)CNc1nccc(-c2nn(C(C)C)cc2-c2cc(Cl)cc(NS(=O)(=O)N3CCCCC3)c2F)n1. The van der Waals surface area contributed by atoms with Gasteiger partial charge in [0.1, 0.15) is 5.69 Å². The smallest absolute Gasteiger partial charge is 0.407 e. The lowest BCUT2D eigenvalue weighted by Crippen LogP contribution is -2.39. The van der Waals surface area contributed by atoms with Gasteiger partial charge in [-0.05, 0) is 51.8 Å². The van der Waals surface area contributed by atoms with E-state index < -0.39 is 22.1 Å². The first-order chi connectivity index (χ1) is 19.5. The summed E-state index contributed by atoms with van der Waals surface area (Å²) in [5.74, 6) is -0.512. The number of carbonyl (C=O) groups excluding carboxylic acids is 1. The molecule has 3 heterocycles. The molecule has 222 valence electrons. The predicted molar refractivity (Wildman–Crippen MR) is 156 cm³/mol. The van der Waals surface area contributed by atoms with E-state index in [9.17, 15) is 13.2 Å². The van der Waals surface area contributed by atoms with Crippen LogP contribution in [0.4, 0.5) is 20.8 Å². The molecule has 1 aromatic carbocycles. The van der Waals surface area contributed by atoms with Crippen LogP contribution in [-0.2, 0) is 14.9 Å². The number of nitrogens with zero attached hydrogens (tertiary/aromatic N) is 5. The van der Waals surface area contributed by atoms with Gasteiger partial charge in [0.05, 0.1) is 18.5 Å². The molecular formula is C26H34ClFN8O4S. The van der Waals surface area contributed by atoms with Gasteiger partial charge in [-0.3, -0.25) is 9.40 Å².